The quantitative estimate of drug-likeness (QED) is 0.401. The van der Waals surface area contributed by atoms with Gasteiger partial charge in [-0.1, -0.05) is 23.9 Å². The number of hydrogen-bond acceptors (Lipinski definition) is 6. The number of amides is 1. The molecular formula is C17H13FIN3O3S. The van der Waals surface area contributed by atoms with E-state index in [0.717, 1.165) is 21.0 Å². The Labute approximate surface area is 166 Å². The van der Waals surface area contributed by atoms with Gasteiger partial charge >= 0.3 is 0 Å². The van der Waals surface area contributed by atoms with E-state index in [4.69, 9.17) is 9.15 Å². The fourth-order valence-corrected chi connectivity index (χ4v) is 2.85. The summed E-state index contributed by atoms with van der Waals surface area (Å²) in [6.45, 7) is -0.0522. The molecule has 1 aromatic heterocycles. The molecule has 0 spiro atoms. The number of hydrogen-bond donors (Lipinski definition) is 1. The minimum Gasteiger partial charge on any atom is -0.481 e. The molecule has 3 aromatic rings. The summed E-state index contributed by atoms with van der Waals surface area (Å²) in [7, 11) is 0. The lowest BCUT2D eigenvalue weighted by atomic mass is 10.3. The van der Waals surface area contributed by atoms with Gasteiger partial charge in [0.15, 0.2) is 18.2 Å². The zero-order valence-electron chi connectivity index (χ0n) is 13.3. The molecule has 0 aliphatic heterocycles. The largest absolute Gasteiger partial charge is 0.481 e. The Hall–Kier alpha value is -2.14. The maximum Gasteiger partial charge on any atom is 0.277 e. The highest BCUT2D eigenvalue weighted by atomic mass is 127. The number of anilines is 1. The zero-order valence-corrected chi connectivity index (χ0v) is 16.3. The first-order chi connectivity index (χ1) is 12.6. The number of carbonyl (C=O) groups is 1. The molecule has 1 N–H and O–H groups in total. The van der Waals surface area contributed by atoms with Crippen LogP contribution in [0.2, 0.25) is 0 Å². The van der Waals surface area contributed by atoms with E-state index in [1.165, 1.54) is 12.1 Å². The highest BCUT2D eigenvalue weighted by Crippen LogP contribution is 2.20. The van der Waals surface area contributed by atoms with Crippen molar-refractivity contribution < 1.29 is 18.3 Å². The molecule has 0 bridgehead atoms. The number of ether oxygens (including phenoxy) is 1. The molecule has 0 unspecified atom stereocenters. The molecule has 0 fully saturated rings. The van der Waals surface area contributed by atoms with Crippen molar-refractivity contribution in [1.82, 2.24) is 10.2 Å². The maximum absolute atomic E-state index is 13.5. The molecule has 0 radical (unpaired) electrons. The predicted octanol–water partition coefficient (Wildman–Crippen LogP) is 4.12. The fraction of sp³-hybridized carbons (Fsp3) is 0.118. The van der Waals surface area contributed by atoms with E-state index in [2.05, 4.69) is 38.1 Å². The van der Waals surface area contributed by atoms with Gasteiger partial charge in [-0.25, -0.2) is 4.39 Å². The number of benzene rings is 2. The van der Waals surface area contributed by atoms with Crippen LogP contribution in [0.1, 0.15) is 5.89 Å². The van der Waals surface area contributed by atoms with Gasteiger partial charge < -0.3 is 14.5 Å². The van der Waals surface area contributed by atoms with Gasteiger partial charge in [0.25, 0.3) is 11.1 Å². The Kier molecular flexibility index (Phi) is 6.45. The number of aromatic nitrogens is 2. The Balaban J connectivity index is 1.46. The molecule has 0 atom stereocenters. The number of thioether (sulfide) groups is 1. The van der Waals surface area contributed by atoms with Gasteiger partial charge in [-0.15, -0.1) is 10.2 Å². The van der Waals surface area contributed by atoms with E-state index in [0.29, 0.717) is 0 Å². The molecule has 26 heavy (non-hydrogen) atoms. The molecule has 0 aliphatic carbocycles. The van der Waals surface area contributed by atoms with E-state index < -0.39 is 5.82 Å². The van der Waals surface area contributed by atoms with Crippen LogP contribution in [0.4, 0.5) is 10.1 Å². The summed E-state index contributed by atoms with van der Waals surface area (Å²) in [5, 5.41) is 10.7. The second kappa shape index (κ2) is 8.99. The van der Waals surface area contributed by atoms with Gasteiger partial charge in [-0.05, 0) is 59.0 Å². The first-order valence-electron chi connectivity index (χ1n) is 7.48. The topological polar surface area (TPSA) is 77.2 Å². The van der Waals surface area contributed by atoms with Crippen LogP contribution in [-0.4, -0.2) is 21.9 Å². The molecule has 2 aromatic carbocycles. The van der Waals surface area contributed by atoms with Crippen molar-refractivity contribution in [2.75, 3.05) is 11.1 Å². The van der Waals surface area contributed by atoms with Crippen LogP contribution in [0.5, 0.6) is 5.75 Å². The summed E-state index contributed by atoms with van der Waals surface area (Å²) in [4.78, 5) is 11.9. The van der Waals surface area contributed by atoms with Crippen LogP contribution in [0.15, 0.2) is 58.2 Å². The highest BCUT2D eigenvalue weighted by Gasteiger charge is 2.11. The molecule has 134 valence electrons. The summed E-state index contributed by atoms with van der Waals surface area (Å²) in [5.74, 6) is -0.208. The monoisotopic (exact) mass is 485 g/mol. The normalized spacial score (nSPS) is 10.5. The molecule has 0 saturated heterocycles. The third kappa shape index (κ3) is 5.43. The smallest absolute Gasteiger partial charge is 0.277 e. The van der Waals surface area contributed by atoms with Crippen LogP contribution in [-0.2, 0) is 11.4 Å². The van der Waals surface area contributed by atoms with Crippen molar-refractivity contribution >= 4 is 45.9 Å². The van der Waals surface area contributed by atoms with Gasteiger partial charge in [-0.2, -0.15) is 0 Å². The standard InChI is InChI=1S/C17H13FIN3O3S/c18-13-3-1-2-4-14(13)24-9-16-21-22-17(25-16)26-10-15(23)20-12-7-5-11(19)6-8-12/h1-8H,9-10H2,(H,20,23). The molecule has 0 saturated carbocycles. The van der Waals surface area contributed by atoms with E-state index in [1.807, 2.05) is 24.3 Å². The van der Waals surface area contributed by atoms with E-state index in [9.17, 15) is 9.18 Å². The molecule has 3 rings (SSSR count). The van der Waals surface area contributed by atoms with Crippen molar-refractivity contribution in [3.63, 3.8) is 0 Å². The Morgan fingerprint density at radius 1 is 1.19 bits per heavy atom. The molecule has 9 heteroatoms. The van der Waals surface area contributed by atoms with Gasteiger partial charge in [0.1, 0.15) is 0 Å². The van der Waals surface area contributed by atoms with Crippen LogP contribution in [0.25, 0.3) is 0 Å². The van der Waals surface area contributed by atoms with Crippen molar-refractivity contribution in [1.29, 1.82) is 0 Å². The number of nitrogens with zero attached hydrogens (tertiary/aromatic N) is 2. The molecule has 6 nitrogen and oxygen atoms in total. The first kappa shape index (κ1) is 18.6. The van der Waals surface area contributed by atoms with Crippen LogP contribution in [0.3, 0.4) is 0 Å². The third-order valence-corrected chi connectivity index (χ3v) is 4.63. The van der Waals surface area contributed by atoms with Crippen molar-refractivity contribution in [3.05, 3.63) is 63.8 Å². The average Bonchev–Trinajstić information content (AvgIpc) is 3.09. The Morgan fingerprint density at radius 3 is 2.73 bits per heavy atom. The summed E-state index contributed by atoms with van der Waals surface area (Å²) >= 11 is 3.31. The zero-order chi connectivity index (χ0) is 18.4. The van der Waals surface area contributed by atoms with E-state index in [1.54, 1.807) is 12.1 Å². The van der Waals surface area contributed by atoms with Crippen LogP contribution < -0.4 is 10.1 Å². The summed E-state index contributed by atoms with van der Waals surface area (Å²) in [5.41, 5.74) is 0.723. The summed E-state index contributed by atoms with van der Waals surface area (Å²) < 4.78 is 25.2. The predicted molar refractivity (Wildman–Crippen MR) is 104 cm³/mol. The molecular weight excluding hydrogens is 472 g/mol. The van der Waals surface area contributed by atoms with Crippen LogP contribution >= 0.6 is 34.4 Å². The molecule has 1 amide bonds. The highest BCUT2D eigenvalue weighted by molar-refractivity contribution is 14.1. The number of carbonyl (C=O) groups excluding carboxylic acids is 1. The molecule has 1 heterocycles. The van der Waals surface area contributed by atoms with E-state index in [-0.39, 0.29) is 35.1 Å². The third-order valence-electron chi connectivity index (χ3n) is 3.09. The number of nitrogens with one attached hydrogen (secondary N) is 1. The minimum absolute atomic E-state index is 0.0522. The van der Waals surface area contributed by atoms with E-state index >= 15 is 0 Å². The first-order valence-corrected chi connectivity index (χ1v) is 9.54. The Bertz CT molecular complexity index is 889. The minimum atomic E-state index is -0.464. The lowest BCUT2D eigenvalue weighted by Crippen LogP contribution is -2.13. The number of para-hydroxylation sites is 1. The van der Waals surface area contributed by atoms with Crippen molar-refractivity contribution in [2.45, 2.75) is 11.8 Å². The van der Waals surface area contributed by atoms with Crippen molar-refractivity contribution in [2.24, 2.45) is 0 Å². The number of rotatable bonds is 7. The lowest BCUT2D eigenvalue weighted by molar-refractivity contribution is -0.113. The van der Waals surface area contributed by atoms with Gasteiger partial charge in [0.2, 0.25) is 5.91 Å². The van der Waals surface area contributed by atoms with Crippen molar-refractivity contribution in [3.8, 4) is 5.75 Å². The summed E-state index contributed by atoms with van der Waals surface area (Å²) in [6, 6.07) is 13.5. The lowest BCUT2D eigenvalue weighted by Gasteiger charge is -2.04. The van der Waals surface area contributed by atoms with Gasteiger partial charge in [0.05, 0.1) is 5.75 Å². The maximum atomic E-state index is 13.5. The van der Waals surface area contributed by atoms with Gasteiger partial charge in [0, 0.05) is 9.26 Å². The fourth-order valence-electron chi connectivity index (χ4n) is 1.91. The molecule has 0 aliphatic rings. The summed E-state index contributed by atoms with van der Waals surface area (Å²) in [6.07, 6.45) is 0. The SMILES string of the molecule is O=C(CSc1nnc(COc2ccccc2F)o1)Nc1ccc(I)cc1. The second-order valence-electron chi connectivity index (χ2n) is 5.02. The average molecular weight is 485 g/mol. The van der Waals surface area contributed by atoms with Gasteiger partial charge in [-0.3, -0.25) is 4.79 Å². The number of halogens is 2. The Morgan fingerprint density at radius 2 is 1.96 bits per heavy atom. The second-order valence-corrected chi connectivity index (χ2v) is 7.20. The van der Waals surface area contributed by atoms with Crippen LogP contribution in [0, 0.1) is 9.39 Å².